The second kappa shape index (κ2) is 3.32. The van der Waals surface area contributed by atoms with Crippen LogP contribution in [0.3, 0.4) is 0 Å². The average molecular weight is 207 g/mol. The Labute approximate surface area is 91.9 Å². The van der Waals surface area contributed by atoms with Gasteiger partial charge in [-0.25, -0.2) is 4.98 Å². The van der Waals surface area contributed by atoms with E-state index in [0.717, 1.165) is 6.54 Å². The van der Waals surface area contributed by atoms with E-state index in [-0.39, 0.29) is 0 Å². The van der Waals surface area contributed by atoms with Crippen LogP contribution in [0.2, 0.25) is 0 Å². The highest BCUT2D eigenvalue weighted by atomic mass is 15.3. The molecule has 0 N–H and O–H groups in total. The van der Waals surface area contributed by atoms with Crippen LogP contribution in [0.15, 0.2) is 12.7 Å². The van der Waals surface area contributed by atoms with Crippen LogP contribution < -0.4 is 0 Å². The number of hydrogen-bond acceptors (Lipinski definition) is 2. The van der Waals surface area contributed by atoms with E-state index < -0.39 is 0 Å². The Balaban J connectivity index is 2.12. The van der Waals surface area contributed by atoms with Gasteiger partial charge in [0.2, 0.25) is 0 Å². The van der Waals surface area contributed by atoms with Crippen molar-refractivity contribution in [2.45, 2.75) is 47.1 Å². The fourth-order valence-electron chi connectivity index (χ4n) is 2.64. The zero-order valence-corrected chi connectivity index (χ0v) is 10.2. The quantitative estimate of drug-likeness (QED) is 0.746. The summed E-state index contributed by atoms with van der Waals surface area (Å²) in [6.07, 6.45) is 6.06. The molecular formula is C12H21N3. The summed E-state index contributed by atoms with van der Waals surface area (Å²) in [7, 11) is 0. The normalized spacial score (nSPS) is 28.1. The van der Waals surface area contributed by atoms with E-state index in [4.69, 9.17) is 0 Å². The van der Waals surface area contributed by atoms with Crippen molar-refractivity contribution in [3.8, 4) is 0 Å². The SMILES string of the molecule is CC1(C)CC[C@@H](Cn2cncn2)C1(C)C. The van der Waals surface area contributed by atoms with Gasteiger partial charge in [0.1, 0.15) is 12.7 Å². The monoisotopic (exact) mass is 207 g/mol. The second-order valence-electron chi connectivity index (χ2n) is 5.96. The van der Waals surface area contributed by atoms with Crippen molar-refractivity contribution in [3.05, 3.63) is 12.7 Å². The van der Waals surface area contributed by atoms with Crippen molar-refractivity contribution in [1.82, 2.24) is 14.8 Å². The molecule has 84 valence electrons. The molecule has 1 heterocycles. The van der Waals surface area contributed by atoms with Gasteiger partial charge >= 0.3 is 0 Å². The third-order valence-electron chi connectivity index (χ3n) is 4.76. The van der Waals surface area contributed by atoms with Gasteiger partial charge < -0.3 is 0 Å². The lowest BCUT2D eigenvalue weighted by Crippen LogP contribution is -2.33. The molecule has 0 unspecified atom stereocenters. The minimum absolute atomic E-state index is 0.388. The third-order valence-corrected chi connectivity index (χ3v) is 4.76. The molecular weight excluding hydrogens is 186 g/mol. The van der Waals surface area contributed by atoms with Crippen molar-refractivity contribution < 1.29 is 0 Å². The molecule has 2 rings (SSSR count). The molecule has 0 aromatic carbocycles. The van der Waals surface area contributed by atoms with Crippen LogP contribution in [0.1, 0.15) is 40.5 Å². The summed E-state index contributed by atoms with van der Waals surface area (Å²) in [6.45, 7) is 10.6. The first-order valence-electron chi connectivity index (χ1n) is 5.76. The molecule has 1 saturated carbocycles. The van der Waals surface area contributed by atoms with Gasteiger partial charge in [0.05, 0.1) is 0 Å². The van der Waals surface area contributed by atoms with Crippen molar-refractivity contribution >= 4 is 0 Å². The minimum atomic E-state index is 0.388. The Morgan fingerprint density at radius 3 is 2.53 bits per heavy atom. The molecule has 0 radical (unpaired) electrons. The molecule has 1 aliphatic rings. The van der Waals surface area contributed by atoms with Crippen LogP contribution >= 0.6 is 0 Å². The van der Waals surface area contributed by atoms with E-state index in [9.17, 15) is 0 Å². The first-order chi connectivity index (χ1) is 6.93. The highest BCUT2D eigenvalue weighted by Crippen LogP contribution is 2.55. The van der Waals surface area contributed by atoms with E-state index in [1.807, 2.05) is 11.0 Å². The first-order valence-corrected chi connectivity index (χ1v) is 5.76. The molecule has 0 spiro atoms. The Bertz CT molecular complexity index is 325. The molecule has 3 heteroatoms. The average Bonchev–Trinajstić information content (AvgIpc) is 2.69. The van der Waals surface area contributed by atoms with Gasteiger partial charge in [-0.3, -0.25) is 4.68 Å². The van der Waals surface area contributed by atoms with Crippen LogP contribution in [0.25, 0.3) is 0 Å². The van der Waals surface area contributed by atoms with Crippen LogP contribution in [0, 0.1) is 16.7 Å². The van der Waals surface area contributed by atoms with Gasteiger partial charge in [-0.15, -0.1) is 0 Å². The molecule has 1 aromatic rings. The van der Waals surface area contributed by atoms with Crippen molar-refractivity contribution in [2.75, 3.05) is 0 Å². The zero-order valence-electron chi connectivity index (χ0n) is 10.2. The van der Waals surface area contributed by atoms with Crippen LogP contribution in [0.5, 0.6) is 0 Å². The summed E-state index contributed by atoms with van der Waals surface area (Å²) in [5, 5.41) is 4.20. The number of nitrogens with zero attached hydrogens (tertiary/aromatic N) is 3. The van der Waals surface area contributed by atoms with Crippen molar-refractivity contribution in [3.63, 3.8) is 0 Å². The van der Waals surface area contributed by atoms with Gasteiger partial charge in [-0.1, -0.05) is 27.7 Å². The maximum Gasteiger partial charge on any atom is 0.137 e. The minimum Gasteiger partial charge on any atom is -0.253 e. The Kier molecular flexibility index (Phi) is 2.36. The molecule has 0 saturated heterocycles. The lowest BCUT2D eigenvalue weighted by Gasteiger charge is -2.39. The van der Waals surface area contributed by atoms with Crippen LogP contribution in [0.4, 0.5) is 0 Å². The fourth-order valence-corrected chi connectivity index (χ4v) is 2.64. The summed E-state index contributed by atoms with van der Waals surface area (Å²) in [5.41, 5.74) is 0.831. The van der Waals surface area contributed by atoms with Gasteiger partial charge in [0.25, 0.3) is 0 Å². The predicted octanol–water partition coefficient (Wildman–Crippen LogP) is 2.74. The summed E-state index contributed by atoms with van der Waals surface area (Å²) in [5.74, 6) is 0.717. The molecule has 0 amide bonds. The van der Waals surface area contributed by atoms with Crippen molar-refractivity contribution in [2.24, 2.45) is 16.7 Å². The summed E-state index contributed by atoms with van der Waals surface area (Å²) in [4.78, 5) is 4.00. The molecule has 1 fully saturated rings. The van der Waals surface area contributed by atoms with E-state index in [2.05, 4.69) is 37.8 Å². The van der Waals surface area contributed by atoms with E-state index in [0.29, 0.717) is 16.7 Å². The summed E-state index contributed by atoms with van der Waals surface area (Å²) in [6, 6.07) is 0. The topological polar surface area (TPSA) is 30.7 Å². The lowest BCUT2D eigenvalue weighted by atomic mass is 9.67. The lowest BCUT2D eigenvalue weighted by molar-refractivity contribution is 0.0957. The number of rotatable bonds is 2. The Morgan fingerprint density at radius 1 is 1.33 bits per heavy atom. The maximum absolute atomic E-state index is 4.20. The second-order valence-corrected chi connectivity index (χ2v) is 5.96. The molecule has 1 atom stereocenters. The summed E-state index contributed by atoms with van der Waals surface area (Å²) < 4.78 is 1.97. The smallest absolute Gasteiger partial charge is 0.137 e. The van der Waals surface area contributed by atoms with E-state index in [1.54, 1.807) is 6.33 Å². The number of hydrogen-bond donors (Lipinski definition) is 0. The van der Waals surface area contributed by atoms with Gasteiger partial charge in [-0.05, 0) is 29.6 Å². The molecule has 3 nitrogen and oxygen atoms in total. The van der Waals surface area contributed by atoms with Gasteiger partial charge in [-0.2, -0.15) is 5.10 Å². The molecule has 0 aliphatic heterocycles. The van der Waals surface area contributed by atoms with Crippen LogP contribution in [-0.4, -0.2) is 14.8 Å². The summed E-state index contributed by atoms with van der Waals surface area (Å²) >= 11 is 0. The van der Waals surface area contributed by atoms with E-state index >= 15 is 0 Å². The predicted molar refractivity (Wildman–Crippen MR) is 60.3 cm³/mol. The number of aromatic nitrogens is 3. The molecule has 1 aromatic heterocycles. The molecule has 15 heavy (non-hydrogen) atoms. The maximum atomic E-state index is 4.20. The van der Waals surface area contributed by atoms with Gasteiger partial charge in [0.15, 0.2) is 0 Å². The Morgan fingerprint density at radius 2 is 2.07 bits per heavy atom. The third kappa shape index (κ3) is 1.68. The molecule has 0 bridgehead atoms. The largest absolute Gasteiger partial charge is 0.253 e. The Hall–Kier alpha value is -0.860. The van der Waals surface area contributed by atoms with Crippen LogP contribution in [-0.2, 0) is 6.54 Å². The molecule has 1 aliphatic carbocycles. The standard InChI is InChI=1S/C12H21N3/c1-11(2)6-5-10(12(11,3)4)7-15-9-13-8-14-15/h8-10H,5-7H2,1-4H3/t10-/m0/s1. The van der Waals surface area contributed by atoms with Gasteiger partial charge in [0, 0.05) is 6.54 Å². The van der Waals surface area contributed by atoms with Crippen molar-refractivity contribution in [1.29, 1.82) is 0 Å². The highest BCUT2D eigenvalue weighted by molar-refractivity contribution is 4.97. The van der Waals surface area contributed by atoms with E-state index in [1.165, 1.54) is 12.8 Å². The fraction of sp³-hybridized carbons (Fsp3) is 0.833. The highest BCUT2D eigenvalue weighted by Gasteiger charge is 2.48. The zero-order chi connectivity index (χ0) is 11.1. The first kappa shape index (κ1) is 10.7.